The van der Waals surface area contributed by atoms with Crippen molar-refractivity contribution in [2.75, 3.05) is 31.1 Å². The van der Waals surface area contributed by atoms with Crippen molar-refractivity contribution < 1.29 is 4.79 Å². The van der Waals surface area contributed by atoms with Crippen molar-refractivity contribution in [3.05, 3.63) is 64.7 Å². The number of carbonyl (C=O) groups excluding carboxylic acids is 1. The zero-order valence-electron chi connectivity index (χ0n) is 15.1. The molecule has 3 nitrogen and oxygen atoms in total. The fraction of sp³-hybridized carbons (Fsp3) is 0.381. The molecule has 0 aliphatic carbocycles. The lowest BCUT2D eigenvalue weighted by atomic mass is 9.85. The second-order valence-corrected chi connectivity index (χ2v) is 7.93. The van der Waals surface area contributed by atoms with Crippen LogP contribution in [-0.4, -0.2) is 37.0 Å². The number of hydrogen-bond donors (Lipinski definition) is 0. The molecule has 0 saturated carbocycles. The van der Waals surface area contributed by atoms with E-state index in [0.717, 1.165) is 13.1 Å². The molecular formula is C21H25ClN2O. The number of hydrogen-bond acceptors (Lipinski definition) is 2. The molecule has 0 radical (unpaired) electrons. The maximum absolute atomic E-state index is 12.7. The fourth-order valence-corrected chi connectivity index (χ4v) is 3.56. The van der Waals surface area contributed by atoms with Crippen LogP contribution in [-0.2, 0) is 5.41 Å². The Balaban J connectivity index is 1.73. The van der Waals surface area contributed by atoms with E-state index >= 15 is 0 Å². The summed E-state index contributed by atoms with van der Waals surface area (Å²) < 4.78 is 0. The molecule has 1 amide bonds. The Hall–Kier alpha value is -2.00. The van der Waals surface area contributed by atoms with Crippen molar-refractivity contribution in [3.8, 4) is 0 Å². The molecule has 0 bridgehead atoms. The first-order valence-corrected chi connectivity index (χ1v) is 9.14. The molecule has 1 aliphatic rings. The van der Waals surface area contributed by atoms with Crippen LogP contribution in [0.25, 0.3) is 0 Å². The highest BCUT2D eigenvalue weighted by atomic mass is 35.5. The molecule has 1 fully saturated rings. The van der Waals surface area contributed by atoms with E-state index in [4.69, 9.17) is 11.6 Å². The van der Waals surface area contributed by atoms with Gasteiger partial charge < -0.3 is 9.80 Å². The minimum Gasteiger partial charge on any atom is -0.368 e. The minimum atomic E-state index is 0.0226. The van der Waals surface area contributed by atoms with Gasteiger partial charge in [0.05, 0.1) is 10.6 Å². The highest BCUT2D eigenvalue weighted by Gasteiger charge is 2.26. The van der Waals surface area contributed by atoms with Gasteiger partial charge in [-0.1, -0.05) is 62.7 Å². The highest BCUT2D eigenvalue weighted by Crippen LogP contribution is 2.32. The number of amides is 1. The first-order valence-electron chi connectivity index (χ1n) is 8.76. The molecular weight excluding hydrogens is 332 g/mol. The molecule has 1 saturated heterocycles. The first kappa shape index (κ1) is 17.8. The molecule has 0 unspecified atom stereocenters. The van der Waals surface area contributed by atoms with E-state index in [-0.39, 0.29) is 11.3 Å². The molecule has 0 spiro atoms. The predicted molar refractivity (Wildman–Crippen MR) is 105 cm³/mol. The van der Waals surface area contributed by atoms with Gasteiger partial charge >= 0.3 is 0 Å². The third-order valence-electron chi connectivity index (χ3n) is 4.72. The van der Waals surface area contributed by atoms with E-state index in [2.05, 4.69) is 49.9 Å². The van der Waals surface area contributed by atoms with Crippen molar-refractivity contribution >= 4 is 23.2 Å². The van der Waals surface area contributed by atoms with Crippen LogP contribution in [0.3, 0.4) is 0 Å². The zero-order chi connectivity index (χ0) is 18.0. The molecule has 25 heavy (non-hydrogen) atoms. The van der Waals surface area contributed by atoms with Gasteiger partial charge in [0.15, 0.2) is 0 Å². The Morgan fingerprint density at radius 2 is 1.52 bits per heavy atom. The van der Waals surface area contributed by atoms with Crippen molar-refractivity contribution in [2.24, 2.45) is 0 Å². The van der Waals surface area contributed by atoms with E-state index in [1.165, 1.54) is 11.3 Å². The van der Waals surface area contributed by atoms with Crippen LogP contribution in [0, 0.1) is 0 Å². The third kappa shape index (κ3) is 3.82. The summed E-state index contributed by atoms with van der Waals surface area (Å²) in [6.45, 7) is 9.81. The van der Waals surface area contributed by atoms with Crippen LogP contribution >= 0.6 is 11.6 Å². The number of piperazine rings is 1. The number of anilines is 1. The molecule has 2 aromatic carbocycles. The van der Waals surface area contributed by atoms with E-state index in [0.29, 0.717) is 23.7 Å². The highest BCUT2D eigenvalue weighted by molar-refractivity contribution is 6.33. The molecule has 1 aliphatic heterocycles. The fourth-order valence-electron chi connectivity index (χ4n) is 3.34. The molecule has 4 heteroatoms. The van der Waals surface area contributed by atoms with E-state index < -0.39 is 0 Å². The number of para-hydroxylation sites is 1. The molecule has 132 valence electrons. The molecule has 0 atom stereocenters. The summed E-state index contributed by atoms with van der Waals surface area (Å²) in [6, 6.07) is 15.8. The summed E-state index contributed by atoms with van der Waals surface area (Å²) in [4.78, 5) is 17.0. The van der Waals surface area contributed by atoms with Gasteiger partial charge in [0, 0.05) is 31.9 Å². The number of benzene rings is 2. The summed E-state index contributed by atoms with van der Waals surface area (Å²) in [5.74, 6) is 0.0226. The summed E-state index contributed by atoms with van der Waals surface area (Å²) in [5, 5.41) is 0.521. The van der Waals surface area contributed by atoms with Gasteiger partial charge in [0.25, 0.3) is 5.91 Å². The number of halogens is 1. The molecule has 2 aromatic rings. The van der Waals surface area contributed by atoms with E-state index in [1.807, 2.05) is 17.0 Å². The van der Waals surface area contributed by atoms with Crippen LogP contribution in [0.4, 0.5) is 5.69 Å². The Morgan fingerprint density at radius 1 is 0.920 bits per heavy atom. The lowest BCUT2D eigenvalue weighted by molar-refractivity contribution is 0.0747. The molecule has 3 rings (SSSR count). The van der Waals surface area contributed by atoms with Gasteiger partial charge in [-0.05, 0) is 29.2 Å². The largest absolute Gasteiger partial charge is 0.368 e. The number of carbonyl (C=O) groups is 1. The first-order chi connectivity index (χ1) is 11.9. The maximum atomic E-state index is 12.7. The van der Waals surface area contributed by atoms with Crippen molar-refractivity contribution in [2.45, 2.75) is 26.2 Å². The van der Waals surface area contributed by atoms with Crippen molar-refractivity contribution in [1.29, 1.82) is 0 Å². The average Bonchev–Trinajstić information content (AvgIpc) is 2.61. The summed E-state index contributed by atoms with van der Waals surface area (Å²) in [7, 11) is 0. The van der Waals surface area contributed by atoms with Crippen LogP contribution in [0.2, 0.25) is 5.02 Å². The number of rotatable bonds is 2. The molecule has 1 heterocycles. The predicted octanol–water partition coefficient (Wildman–Crippen LogP) is 4.60. The van der Waals surface area contributed by atoms with Gasteiger partial charge in [-0.3, -0.25) is 4.79 Å². The lowest BCUT2D eigenvalue weighted by Gasteiger charge is -2.38. The van der Waals surface area contributed by atoms with Crippen LogP contribution < -0.4 is 4.90 Å². The van der Waals surface area contributed by atoms with Crippen LogP contribution in [0.5, 0.6) is 0 Å². The standard InChI is InChI=1S/C21H25ClN2O/c1-21(2,3)17-9-5-7-11-19(17)23-12-14-24(15-13-23)20(25)16-8-4-6-10-18(16)22/h4-11H,12-15H2,1-3H3. The Labute approximate surface area is 155 Å². The monoisotopic (exact) mass is 356 g/mol. The third-order valence-corrected chi connectivity index (χ3v) is 5.05. The van der Waals surface area contributed by atoms with Crippen molar-refractivity contribution in [3.63, 3.8) is 0 Å². The van der Waals surface area contributed by atoms with E-state index in [1.54, 1.807) is 12.1 Å². The minimum absolute atomic E-state index is 0.0226. The quantitative estimate of drug-likeness (QED) is 0.785. The lowest BCUT2D eigenvalue weighted by Crippen LogP contribution is -2.49. The number of nitrogens with zero attached hydrogens (tertiary/aromatic N) is 2. The van der Waals surface area contributed by atoms with Crippen molar-refractivity contribution in [1.82, 2.24) is 4.90 Å². The van der Waals surface area contributed by atoms with Gasteiger partial charge in [0.2, 0.25) is 0 Å². The Kier molecular flexibility index (Phi) is 5.05. The topological polar surface area (TPSA) is 23.6 Å². The average molecular weight is 357 g/mol. The summed E-state index contributed by atoms with van der Waals surface area (Å²) in [6.07, 6.45) is 0. The Bertz CT molecular complexity index is 758. The Morgan fingerprint density at radius 3 is 2.16 bits per heavy atom. The van der Waals surface area contributed by atoms with Gasteiger partial charge in [-0.2, -0.15) is 0 Å². The van der Waals surface area contributed by atoms with Gasteiger partial charge in [-0.25, -0.2) is 0 Å². The smallest absolute Gasteiger partial charge is 0.255 e. The maximum Gasteiger partial charge on any atom is 0.255 e. The van der Waals surface area contributed by atoms with Gasteiger partial charge in [-0.15, -0.1) is 0 Å². The zero-order valence-corrected chi connectivity index (χ0v) is 15.9. The summed E-state index contributed by atoms with van der Waals surface area (Å²) in [5.41, 5.74) is 3.31. The van der Waals surface area contributed by atoms with Crippen LogP contribution in [0.15, 0.2) is 48.5 Å². The summed E-state index contributed by atoms with van der Waals surface area (Å²) >= 11 is 6.18. The van der Waals surface area contributed by atoms with E-state index in [9.17, 15) is 4.79 Å². The molecule has 0 N–H and O–H groups in total. The van der Waals surface area contributed by atoms with Crippen LogP contribution in [0.1, 0.15) is 36.7 Å². The second kappa shape index (κ2) is 7.09. The normalized spacial score (nSPS) is 15.4. The molecule has 0 aromatic heterocycles. The second-order valence-electron chi connectivity index (χ2n) is 7.53. The van der Waals surface area contributed by atoms with Gasteiger partial charge in [0.1, 0.15) is 0 Å². The SMILES string of the molecule is CC(C)(C)c1ccccc1N1CCN(C(=O)c2ccccc2Cl)CC1.